The zero-order valence-electron chi connectivity index (χ0n) is 8.28. The number of nitrogens with zero attached hydrogens (tertiary/aromatic N) is 1. The number of ketones is 1. The fraction of sp³-hybridized carbons (Fsp3) is 0.182. The molecule has 0 saturated carbocycles. The summed E-state index contributed by atoms with van der Waals surface area (Å²) in [6.07, 6.45) is 0. The van der Waals surface area contributed by atoms with Gasteiger partial charge in [-0.1, -0.05) is 6.07 Å². The summed E-state index contributed by atoms with van der Waals surface area (Å²) in [5.74, 6) is -0.456. The second-order valence-electron chi connectivity index (χ2n) is 3.08. The summed E-state index contributed by atoms with van der Waals surface area (Å²) >= 11 is 0. The van der Waals surface area contributed by atoms with Gasteiger partial charge in [-0.2, -0.15) is 5.26 Å². The van der Waals surface area contributed by atoms with E-state index in [0.29, 0.717) is 11.1 Å². The van der Waals surface area contributed by atoms with E-state index in [1.807, 2.05) is 6.07 Å². The molecule has 0 fully saturated rings. The summed E-state index contributed by atoms with van der Waals surface area (Å²) in [5.41, 5.74) is 0.806. The largest absolute Gasteiger partial charge is 0.345 e. The lowest BCUT2D eigenvalue weighted by Gasteiger charge is -2.02. The zero-order valence-corrected chi connectivity index (χ0v) is 8.28. The van der Waals surface area contributed by atoms with Crippen LogP contribution in [0.3, 0.4) is 0 Å². The molecule has 0 aliphatic rings. The molecule has 1 aromatic carbocycles. The maximum atomic E-state index is 11.4. The van der Waals surface area contributed by atoms with Crippen molar-refractivity contribution in [2.24, 2.45) is 0 Å². The highest BCUT2D eigenvalue weighted by Gasteiger charge is 2.05. The number of hydrogen-bond acceptors (Lipinski definition) is 3. The first-order chi connectivity index (χ1) is 7.13. The highest BCUT2D eigenvalue weighted by atomic mass is 16.2. The monoisotopic (exact) mass is 202 g/mol. The fourth-order valence-electron chi connectivity index (χ4n) is 1.04. The van der Waals surface area contributed by atoms with Gasteiger partial charge < -0.3 is 5.32 Å². The van der Waals surface area contributed by atoms with E-state index in [1.165, 1.54) is 13.0 Å². The normalized spacial score (nSPS) is 9.07. The van der Waals surface area contributed by atoms with Gasteiger partial charge in [0, 0.05) is 5.56 Å². The molecule has 0 aliphatic carbocycles. The van der Waals surface area contributed by atoms with Crippen LogP contribution in [0.2, 0.25) is 0 Å². The van der Waals surface area contributed by atoms with Crippen LogP contribution in [0, 0.1) is 11.3 Å². The molecule has 1 rings (SSSR count). The molecule has 15 heavy (non-hydrogen) atoms. The van der Waals surface area contributed by atoms with E-state index in [-0.39, 0.29) is 18.2 Å². The van der Waals surface area contributed by atoms with Crippen LogP contribution >= 0.6 is 0 Å². The number of nitrogens with one attached hydrogen (secondary N) is 1. The number of rotatable bonds is 3. The minimum atomic E-state index is -0.345. The number of Topliss-reactive ketones (excluding diaryl/α,β-unsaturated/α-hetero) is 1. The van der Waals surface area contributed by atoms with Crippen LogP contribution in [-0.4, -0.2) is 18.2 Å². The van der Waals surface area contributed by atoms with Crippen LogP contribution in [0.15, 0.2) is 24.3 Å². The molecule has 0 unspecified atom stereocenters. The molecule has 4 heteroatoms. The van der Waals surface area contributed by atoms with E-state index in [1.54, 1.807) is 18.2 Å². The molecule has 0 radical (unpaired) electrons. The summed E-state index contributed by atoms with van der Waals surface area (Å²) in [4.78, 5) is 22.1. The lowest BCUT2D eigenvalue weighted by Crippen LogP contribution is -2.28. The Balaban J connectivity index is 2.74. The molecule has 0 bridgehead atoms. The first-order valence-electron chi connectivity index (χ1n) is 4.41. The molecule has 0 aromatic heterocycles. The number of carbonyl (C=O) groups excluding carboxylic acids is 2. The minimum Gasteiger partial charge on any atom is -0.345 e. The van der Waals surface area contributed by atoms with Gasteiger partial charge in [0.15, 0.2) is 0 Å². The molecule has 0 aliphatic heterocycles. The van der Waals surface area contributed by atoms with Crippen molar-refractivity contribution in [1.29, 1.82) is 5.26 Å². The number of hydrogen-bond donors (Lipinski definition) is 1. The molecule has 0 heterocycles. The zero-order chi connectivity index (χ0) is 11.3. The summed E-state index contributed by atoms with van der Waals surface area (Å²) in [6, 6.07) is 8.25. The predicted molar refractivity (Wildman–Crippen MR) is 54.2 cm³/mol. The van der Waals surface area contributed by atoms with Gasteiger partial charge in [-0.3, -0.25) is 9.59 Å². The number of benzene rings is 1. The molecular formula is C11H10N2O2. The van der Waals surface area contributed by atoms with Gasteiger partial charge in [0.1, 0.15) is 5.78 Å². The van der Waals surface area contributed by atoms with Crippen molar-refractivity contribution in [3.63, 3.8) is 0 Å². The highest BCUT2D eigenvalue weighted by Crippen LogP contribution is 2.03. The van der Waals surface area contributed by atoms with Crippen LogP contribution in [0.25, 0.3) is 0 Å². The first-order valence-corrected chi connectivity index (χ1v) is 4.41. The van der Waals surface area contributed by atoms with Gasteiger partial charge >= 0.3 is 0 Å². The topological polar surface area (TPSA) is 70.0 Å². The van der Waals surface area contributed by atoms with E-state index >= 15 is 0 Å². The lowest BCUT2D eigenvalue weighted by molar-refractivity contribution is -0.116. The van der Waals surface area contributed by atoms with Crippen molar-refractivity contribution in [2.45, 2.75) is 6.92 Å². The van der Waals surface area contributed by atoms with Crippen molar-refractivity contribution < 1.29 is 9.59 Å². The Morgan fingerprint density at radius 2 is 2.20 bits per heavy atom. The van der Waals surface area contributed by atoms with Gasteiger partial charge in [0.05, 0.1) is 18.2 Å². The first kappa shape index (κ1) is 10.9. The predicted octanol–water partition coefficient (Wildman–Crippen LogP) is 0.877. The Bertz CT molecular complexity index is 432. The number of nitriles is 1. The van der Waals surface area contributed by atoms with Crippen LogP contribution in [0.5, 0.6) is 0 Å². The molecule has 1 aromatic rings. The van der Waals surface area contributed by atoms with Gasteiger partial charge in [0.25, 0.3) is 5.91 Å². The maximum absolute atomic E-state index is 11.4. The van der Waals surface area contributed by atoms with E-state index < -0.39 is 0 Å². The van der Waals surface area contributed by atoms with Crippen molar-refractivity contribution in [1.82, 2.24) is 5.32 Å². The Kier molecular flexibility index (Phi) is 3.58. The van der Waals surface area contributed by atoms with Crippen LogP contribution in [0.1, 0.15) is 22.8 Å². The van der Waals surface area contributed by atoms with Gasteiger partial charge in [-0.05, 0) is 25.1 Å². The smallest absolute Gasteiger partial charge is 0.251 e. The molecule has 0 atom stereocenters. The summed E-state index contributed by atoms with van der Waals surface area (Å²) in [5, 5.41) is 11.1. The lowest BCUT2D eigenvalue weighted by atomic mass is 10.1. The van der Waals surface area contributed by atoms with Gasteiger partial charge in [-0.15, -0.1) is 0 Å². The third kappa shape index (κ3) is 3.24. The number of carbonyl (C=O) groups is 2. The minimum absolute atomic E-state index is 0.00954. The second kappa shape index (κ2) is 4.91. The number of amides is 1. The Hall–Kier alpha value is -2.15. The highest BCUT2D eigenvalue weighted by molar-refractivity contribution is 5.96. The van der Waals surface area contributed by atoms with Crippen LogP contribution < -0.4 is 5.32 Å². The van der Waals surface area contributed by atoms with Gasteiger partial charge in [0.2, 0.25) is 0 Å². The third-order valence-electron chi connectivity index (χ3n) is 1.75. The standard InChI is InChI=1S/C11H10N2O2/c1-8(14)7-13-11(15)10-4-2-3-9(5-10)6-12/h2-5H,7H2,1H3,(H,13,15). The summed E-state index contributed by atoms with van der Waals surface area (Å²) in [6.45, 7) is 1.40. The van der Waals surface area contributed by atoms with Crippen molar-refractivity contribution in [3.05, 3.63) is 35.4 Å². The third-order valence-corrected chi connectivity index (χ3v) is 1.75. The average Bonchev–Trinajstić information content (AvgIpc) is 2.26. The van der Waals surface area contributed by atoms with E-state index in [0.717, 1.165) is 0 Å². The Morgan fingerprint density at radius 1 is 1.47 bits per heavy atom. The molecule has 0 saturated heterocycles. The Morgan fingerprint density at radius 3 is 2.80 bits per heavy atom. The van der Waals surface area contributed by atoms with Crippen LogP contribution in [0.4, 0.5) is 0 Å². The van der Waals surface area contributed by atoms with E-state index in [4.69, 9.17) is 5.26 Å². The molecule has 4 nitrogen and oxygen atoms in total. The SMILES string of the molecule is CC(=O)CNC(=O)c1cccc(C#N)c1. The maximum Gasteiger partial charge on any atom is 0.251 e. The molecule has 76 valence electrons. The molecule has 1 amide bonds. The van der Waals surface area contributed by atoms with Crippen molar-refractivity contribution >= 4 is 11.7 Å². The van der Waals surface area contributed by atoms with E-state index in [2.05, 4.69) is 5.32 Å². The molecule has 1 N–H and O–H groups in total. The summed E-state index contributed by atoms with van der Waals surface area (Å²) < 4.78 is 0. The quantitative estimate of drug-likeness (QED) is 0.790. The average molecular weight is 202 g/mol. The summed E-state index contributed by atoms with van der Waals surface area (Å²) in [7, 11) is 0. The Labute approximate surface area is 87.5 Å². The second-order valence-corrected chi connectivity index (χ2v) is 3.08. The van der Waals surface area contributed by atoms with E-state index in [9.17, 15) is 9.59 Å². The van der Waals surface area contributed by atoms with Crippen LogP contribution in [-0.2, 0) is 4.79 Å². The van der Waals surface area contributed by atoms with Gasteiger partial charge in [-0.25, -0.2) is 0 Å². The van der Waals surface area contributed by atoms with Crippen molar-refractivity contribution in [3.8, 4) is 6.07 Å². The molecular weight excluding hydrogens is 192 g/mol. The molecule has 0 spiro atoms. The fourth-order valence-corrected chi connectivity index (χ4v) is 1.04. The van der Waals surface area contributed by atoms with Crippen molar-refractivity contribution in [2.75, 3.05) is 6.54 Å².